The fraction of sp³-hybridized carbons (Fsp3) is 0.742. The number of aliphatic hydroxyl groups is 4. The second kappa shape index (κ2) is 26.6. The molecule has 9 aliphatic rings. The van der Waals surface area contributed by atoms with Gasteiger partial charge in [0.1, 0.15) is 24.2 Å². The van der Waals surface area contributed by atoms with Crippen molar-refractivity contribution in [1.82, 2.24) is 15.6 Å². The van der Waals surface area contributed by atoms with E-state index in [1.54, 1.807) is 6.07 Å². The highest BCUT2D eigenvalue weighted by molar-refractivity contribution is 8.76. The number of hydrogen-bond donors (Lipinski definition) is 10. The molecule has 12 N–H and O–H groups in total. The molecule has 13 nitrogen and oxygen atoms in total. The van der Waals surface area contributed by atoms with Crippen molar-refractivity contribution >= 4 is 27.5 Å². The average Bonchev–Trinajstić information content (AvgIpc) is 4.29. The Kier molecular flexibility index (Phi) is 19.6. The first-order valence-electron chi connectivity index (χ1n) is 32.2. The number of furan rings is 1. The number of aliphatic imine (C=N–C) groups is 1. The second-order valence-electron chi connectivity index (χ2n) is 27.1. The van der Waals surface area contributed by atoms with E-state index in [1.165, 1.54) is 114 Å². The average molecular weight is 1150 g/mol. The fourth-order valence-corrected chi connectivity index (χ4v) is 21.2. The molecule has 12 rings (SSSR count). The lowest BCUT2D eigenvalue weighted by Gasteiger charge is -2.53. The normalized spacial score (nSPS) is 33.3. The number of benzene rings is 1. The smallest absolute Gasteiger partial charge is 0.189 e. The number of nitrogens with two attached hydrogens (primary N) is 2. The molecule has 1 saturated heterocycles. The first-order valence-corrected chi connectivity index (χ1v) is 34.7. The molecule has 448 valence electrons. The van der Waals surface area contributed by atoms with E-state index in [0.29, 0.717) is 85.0 Å². The van der Waals surface area contributed by atoms with Crippen molar-refractivity contribution in [2.24, 2.45) is 68.7 Å². The van der Waals surface area contributed by atoms with E-state index in [9.17, 15) is 25.5 Å². The van der Waals surface area contributed by atoms with E-state index in [2.05, 4.69) is 40.8 Å². The monoisotopic (exact) mass is 1150 g/mol. The predicted octanol–water partition coefficient (Wildman–Crippen LogP) is 11.3. The number of aromatic hydroxyl groups is 1. The summed E-state index contributed by atoms with van der Waals surface area (Å²) in [4.78, 5) is 8.97. The van der Waals surface area contributed by atoms with Crippen LogP contribution in [0.3, 0.4) is 0 Å². The van der Waals surface area contributed by atoms with Crippen LogP contribution in [-0.2, 0) is 25.9 Å². The van der Waals surface area contributed by atoms with Crippen LogP contribution < -0.4 is 26.8 Å². The number of guanidine groups is 1. The van der Waals surface area contributed by atoms with Crippen molar-refractivity contribution in [1.29, 1.82) is 0 Å². The standard InChI is InChI=1S/C66H100N6O7S2/c1-40-14-20-48-44-30-42(16-21-49(48)51(53(67)33-44)38-80-81-39-56(40)72-64(68)70-46-10-4-3-5-11-46)18-23-59-45(36-74)32-47(79-59)19-15-43-17-22-57(76)60(31-43)78-37-58(77)55-34-50-62(54(12-9-29-73)69-35-41(2)75)66-27-8-13-61(66)65(25-6-7-26-65)52(24-28-66)63(50)71-55/h17,22,24,28,31-32,34,40-42,44,46,48-49,51-54,56,58,61-62,69,71,73-77H,3-16,18-21,23,25-27,29-30,33,35-39,67H2,1-2H3,(H3,68,70,72)/t40-,41-,42-,44+,48-,49+,51+,52+,53+,54+,56+,58-,61+,62+,66+/m0/s1. The molecule has 1 aliphatic heterocycles. The Morgan fingerprint density at radius 2 is 1.72 bits per heavy atom. The molecule has 6 fully saturated rings. The van der Waals surface area contributed by atoms with Crippen LogP contribution in [0.25, 0.3) is 0 Å². The number of phenolic OH excluding ortho intramolecular Hbond substituents is 1. The van der Waals surface area contributed by atoms with E-state index in [4.69, 9.17) is 25.6 Å². The number of ether oxygens (including phenoxy) is 1. The van der Waals surface area contributed by atoms with Gasteiger partial charge in [0.25, 0.3) is 0 Å². The number of aromatic amines is 1. The zero-order chi connectivity index (χ0) is 56.3. The van der Waals surface area contributed by atoms with Crippen LogP contribution in [0.5, 0.6) is 11.5 Å². The molecule has 1 aromatic carbocycles. The maximum Gasteiger partial charge on any atom is 0.189 e. The number of nitrogens with one attached hydrogen (secondary N) is 3. The van der Waals surface area contributed by atoms with Gasteiger partial charge in [0.15, 0.2) is 17.5 Å². The fourth-order valence-electron chi connectivity index (χ4n) is 18.3. The highest BCUT2D eigenvalue weighted by Gasteiger charge is 2.65. The van der Waals surface area contributed by atoms with E-state index < -0.39 is 12.2 Å². The summed E-state index contributed by atoms with van der Waals surface area (Å²) in [5.41, 5.74) is 18.9. The van der Waals surface area contributed by atoms with Gasteiger partial charge in [-0.05, 0) is 185 Å². The Balaban J connectivity index is 0.718. The van der Waals surface area contributed by atoms with E-state index in [-0.39, 0.29) is 66.4 Å². The van der Waals surface area contributed by atoms with Gasteiger partial charge in [0.2, 0.25) is 0 Å². The number of allylic oxidation sites excluding steroid dienone is 2. The summed E-state index contributed by atoms with van der Waals surface area (Å²) >= 11 is 0. The lowest BCUT2D eigenvalue weighted by atomic mass is 9.51. The summed E-state index contributed by atoms with van der Waals surface area (Å²) in [6.45, 7) is 4.75. The third kappa shape index (κ3) is 12.9. The zero-order valence-corrected chi connectivity index (χ0v) is 50.5. The SMILES string of the molecule is C[C@H](O)CN[C@H](CCCO)[C@H]1c2cc([C@@H](O)COc3cc(CCc4cc(CO)c(CC[C@@H]5CC[C@H]6[C@H]7CSSC[C@@H](N=C(N)NC8CCCCC8)[C@@H](C)CC[C@H]6[C@H](C5)C[C@H]7N)o4)ccc3O)[nH]c2[C@H]2C=C[C@@]13CCC[C@@H]3C21CCCC1. The molecule has 2 spiro atoms. The molecule has 0 amide bonds. The Labute approximate surface area is 491 Å². The molecule has 6 bridgehead atoms. The van der Waals surface area contributed by atoms with Crippen LogP contribution in [0.4, 0.5) is 0 Å². The van der Waals surface area contributed by atoms with Crippen LogP contribution in [0.15, 0.2) is 51.9 Å². The summed E-state index contributed by atoms with van der Waals surface area (Å²) in [5.74, 6) is 9.37. The Hall–Kier alpha value is -3.15. The number of phenols is 1. The van der Waals surface area contributed by atoms with Crippen molar-refractivity contribution in [2.75, 3.05) is 31.3 Å². The van der Waals surface area contributed by atoms with Crippen molar-refractivity contribution in [2.45, 2.75) is 223 Å². The minimum absolute atomic E-state index is 0.0268. The number of H-pyrrole nitrogens is 1. The topological polar surface area (TPSA) is 228 Å². The Morgan fingerprint density at radius 1 is 0.901 bits per heavy atom. The third-order valence-corrected chi connectivity index (χ3v) is 24.7. The number of aliphatic hydroxyl groups excluding tert-OH is 4. The van der Waals surface area contributed by atoms with Crippen molar-refractivity contribution in [3.63, 3.8) is 0 Å². The van der Waals surface area contributed by atoms with Crippen LogP contribution >= 0.6 is 21.6 Å². The molecule has 3 aromatic rings. The molecule has 15 atom stereocenters. The summed E-state index contributed by atoms with van der Waals surface area (Å²) in [6.07, 6.45) is 30.2. The molecule has 5 saturated carbocycles. The minimum Gasteiger partial charge on any atom is -0.504 e. The summed E-state index contributed by atoms with van der Waals surface area (Å²) in [5, 5.41) is 61.6. The second-order valence-corrected chi connectivity index (χ2v) is 29.7. The highest BCUT2D eigenvalue weighted by Crippen LogP contribution is 2.73. The molecule has 2 aromatic heterocycles. The quantitative estimate of drug-likeness (QED) is 0.0220. The summed E-state index contributed by atoms with van der Waals surface area (Å²) in [6, 6.07) is 10.7. The van der Waals surface area contributed by atoms with Crippen molar-refractivity contribution < 1.29 is 34.7 Å². The lowest BCUT2D eigenvalue weighted by molar-refractivity contribution is 0.0338. The van der Waals surface area contributed by atoms with Gasteiger partial charge < -0.3 is 61.8 Å². The number of aromatic nitrogens is 1. The summed E-state index contributed by atoms with van der Waals surface area (Å²) < 4.78 is 12.9. The number of nitrogens with zero attached hydrogens (tertiary/aromatic N) is 1. The molecule has 81 heavy (non-hydrogen) atoms. The Morgan fingerprint density at radius 3 is 2.52 bits per heavy atom. The maximum atomic E-state index is 12.0. The van der Waals surface area contributed by atoms with Gasteiger partial charge >= 0.3 is 0 Å². The van der Waals surface area contributed by atoms with Crippen LogP contribution in [0, 0.1) is 52.3 Å². The van der Waals surface area contributed by atoms with Crippen molar-refractivity contribution in [3.8, 4) is 11.5 Å². The molecule has 0 radical (unpaired) electrons. The van der Waals surface area contributed by atoms with Crippen LogP contribution in [0.2, 0.25) is 0 Å². The van der Waals surface area contributed by atoms with E-state index in [0.717, 1.165) is 72.0 Å². The Bertz CT molecular complexity index is 2590. The third-order valence-electron chi connectivity index (χ3n) is 22.2. The minimum atomic E-state index is -0.961. The van der Waals surface area contributed by atoms with Crippen molar-refractivity contribution in [3.05, 3.63) is 82.1 Å². The number of hydrogen-bond acceptors (Lipinski definition) is 12. The molecule has 8 aliphatic carbocycles. The maximum absolute atomic E-state index is 12.0. The predicted molar refractivity (Wildman–Crippen MR) is 327 cm³/mol. The molecule has 15 heteroatoms. The van der Waals surface area contributed by atoms with E-state index >= 15 is 0 Å². The van der Waals surface area contributed by atoms with Gasteiger partial charge in [-0.3, -0.25) is 0 Å². The zero-order valence-electron chi connectivity index (χ0n) is 48.9. The first-order chi connectivity index (χ1) is 39.4. The summed E-state index contributed by atoms with van der Waals surface area (Å²) in [7, 11) is 3.99. The van der Waals surface area contributed by atoms with Crippen LogP contribution in [0.1, 0.15) is 206 Å². The molecular formula is C66H100N6O7S2. The lowest BCUT2D eigenvalue weighted by Crippen LogP contribution is -2.50. The van der Waals surface area contributed by atoms with Gasteiger partial charge in [-0.25, -0.2) is 4.99 Å². The van der Waals surface area contributed by atoms with Gasteiger partial charge in [-0.1, -0.05) is 91.7 Å². The molecule has 0 unspecified atom stereocenters. The number of rotatable bonds is 20. The first kappa shape index (κ1) is 59.6. The molecular weight excluding hydrogens is 1050 g/mol. The van der Waals surface area contributed by atoms with Gasteiger partial charge in [-0.2, -0.15) is 0 Å². The van der Waals surface area contributed by atoms with Crippen LogP contribution in [-0.4, -0.2) is 98.0 Å². The van der Waals surface area contributed by atoms with E-state index in [1.807, 2.05) is 46.7 Å². The molecule has 3 heterocycles. The number of aryl methyl sites for hydroxylation is 3. The largest absolute Gasteiger partial charge is 0.504 e. The highest BCUT2D eigenvalue weighted by atomic mass is 33.1. The van der Waals surface area contributed by atoms with Gasteiger partial charge in [-0.15, -0.1) is 0 Å². The van der Waals surface area contributed by atoms with Gasteiger partial charge in [0.05, 0.1) is 18.8 Å². The van der Waals surface area contributed by atoms with Gasteiger partial charge in [0, 0.05) is 89.8 Å².